The van der Waals surface area contributed by atoms with E-state index in [-0.39, 0.29) is 0 Å². The number of alkyl halides is 4. The molecule has 0 aromatic rings. The van der Waals surface area contributed by atoms with Crippen molar-refractivity contribution in [1.82, 2.24) is 0 Å². The van der Waals surface area contributed by atoms with E-state index in [4.69, 9.17) is 46.4 Å². The fourth-order valence-corrected chi connectivity index (χ4v) is 5.16. The maximum absolute atomic E-state index is 6.26. The second kappa shape index (κ2) is 2.88. The molecule has 4 heteroatoms. The van der Waals surface area contributed by atoms with E-state index in [2.05, 4.69) is 0 Å². The third-order valence-corrected chi connectivity index (χ3v) is 6.32. The van der Waals surface area contributed by atoms with Crippen molar-refractivity contribution in [2.24, 2.45) is 23.7 Å². The average Bonchev–Trinajstić information content (AvgIpc) is 2.67. The Morgan fingerprint density at radius 1 is 0.714 bits per heavy atom. The predicted molar refractivity (Wildman–Crippen MR) is 61.3 cm³/mol. The van der Waals surface area contributed by atoms with E-state index in [0.717, 1.165) is 12.8 Å². The van der Waals surface area contributed by atoms with Crippen LogP contribution in [0.25, 0.3) is 0 Å². The van der Waals surface area contributed by atoms with Crippen molar-refractivity contribution < 1.29 is 0 Å². The molecule has 0 unspecified atom stereocenters. The molecule has 3 fully saturated rings. The van der Waals surface area contributed by atoms with Crippen molar-refractivity contribution in [3.05, 3.63) is 0 Å². The van der Waals surface area contributed by atoms with Crippen molar-refractivity contribution >= 4 is 46.4 Å². The standard InChI is InChI=1S/C10H12Cl4/c11-9(12)5-3-1-2-4-6-8(7(5)9)10(6,13)14/h5-8H,1-4H2/t5-,6-,7-,8-/m1/s1. The van der Waals surface area contributed by atoms with Crippen molar-refractivity contribution in [1.29, 1.82) is 0 Å². The number of hydrogen-bond donors (Lipinski definition) is 0. The minimum atomic E-state index is -0.529. The first-order valence-electron chi connectivity index (χ1n) is 5.23. The maximum atomic E-state index is 6.26. The summed E-state index contributed by atoms with van der Waals surface area (Å²) in [6.45, 7) is 0. The summed E-state index contributed by atoms with van der Waals surface area (Å²) in [6.07, 6.45) is 4.72. The normalized spacial score (nSPS) is 52.3. The van der Waals surface area contributed by atoms with Crippen LogP contribution in [0.5, 0.6) is 0 Å². The van der Waals surface area contributed by atoms with Gasteiger partial charge in [0.15, 0.2) is 0 Å². The SMILES string of the molecule is ClC1(Cl)[C@H]2[C@H]3[C@@H](CCCC[C@H]21)C3(Cl)Cl. The molecular weight excluding hydrogens is 262 g/mol. The molecule has 3 aliphatic rings. The Morgan fingerprint density at radius 2 is 1.07 bits per heavy atom. The van der Waals surface area contributed by atoms with E-state index < -0.39 is 8.67 Å². The van der Waals surface area contributed by atoms with Crippen LogP contribution in [0.15, 0.2) is 0 Å². The quantitative estimate of drug-likeness (QED) is 0.574. The molecule has 0 aliphatic heterocycles. The van der Waals surface area contributed by atoms with Crippen LogP contribution < -0.4 is 0 Å². The van der Waals surface area contributed by atoms with E-state index in [1.54, 1.807) is 0 Å². The van der Waals surface area contributed by atoms with Gasteiger partial charge in [-0.25, -0.2) is 0 Å². The minimum Gasteiger partial charge on any atom is -0.101 e. The Labute approximate surface area is 104 Å². The number of halogens is 4. The Balaban J connectivity index is 1.85. The van der Waals surface area contributed by atoms with Gasteiger partial charge < -0.3 is 0 Å². The lowest BCUT2D eigenvalue weighted by Gasteiger charge is -2.03. The number of hydrogen-bond acceptors (Lipinski definition) is 0. The molecule has 0 radical (unpaired) electrons. The Hall–Kier alpha value is 1.16. The molecule has 3 aliphatic carbocycles. The summed E-state index contributed by atoms with van der Waals surface area (Å²) in [5.74, 6) is 1.59. The van der Waals surface area contributed by atoms with Crippen LogP contribution in [0.4, 0.5) is 0 Å². The highest BCUT2D eigenvalue weighted by atomic mass is 35.5. The van der Waals surface area contributed by atoms with Crippen molar-refractivity contribution in [2.75, 3.05) is 0 Å². The van der Waals surface area contributed by atoms with Crippen LogP contribution in [0.2, 0.25) is 0 Å². The fraction of sp³-hybridized carbons (Fsp3) is 1.00. The summed E-state index contributed by atoms with van der Waals surface area (Å²) >= 11 is 25.0. The van der Waals surface area contributed by atoms with Gasteiger partial charge in [-0.3, -0.25) is 0 Å². The van der Waals surface area contributed by atoms with Crippen LogP contribution in [0.3, 0.4) is 0 Å². The first kappa shape index (κ1) is 10.3. The third-order valence-electron chi connectivity index (χ3n) is 4.19. The smallest absolute Gasteiger partial charge is 0.101 e. The van der Waals surface area contributed by atoms with Crippen molar-refractivity contribution in [3.8, 4) is 0 Å². The van der Waals surface area contributed by atoms with Crippen LogP contribution in [-0.2, 0) is 0 Å². The highest BCUT2D eigenvalue weighted by molar-refractivity contribution is 6.53. The lowest BCUT2D eigenvalue weighted by atomic mass is 10.0. The van der Waals surface area contributed by atoms with Crippen LogP contribution in [-0.4, -0.2) is 8.67 Å². The van der Waals surface area contributed by atoms with E-state index in [9.17, 15) is 0 Å². The van der Waals surface area contributed by atoms with Gasteiger partial charge in [-0.15, -0.1) is 46.4 Å². The number of fused-ring (bicyclic) bond motifs is 3. The molecule has 0 spiro atoms. The van der Waals surface area contributed by atoms with Gasteiger partial charge in [0.25, 0.3) is 0 Å². The molecule has 0 aromatic heterocycles. The molecule has 0 saturated heterocycles. The van der Waals surface area contributed by atoms with E-state index >= 15 is 0 Å². The molecular formula is C10H12Cl4. The summed E-state index contributed by atoms with van der Waals surface area (Å²) in [5.41, 5.74) is 0. The van der Waals surface area contributed by atoms with Gasteiger partial charge in [0.1, 0.15) is 8.67 Å². The monoisotopic (exact) mass is 272 g/mol. The van der Waals surface area contributed by atoms with Gasteiger partial charge in [-0.05, 0) is 24.7 Å². The van der Waals surface area contributed by atoms with Gasteiger partial charge in [-0.1, -0.05) is 12.8 Å². The summed E-state index contributed by atoms with van der Waals surface area (Å²) in [7, 11) is 0. The zero-order valence-electron chi connectivity index (χ0n) is 7.65. The summed E-state index contributed by atoms with van der Waals surface area (Å²) in [4.78, 5) is 0. The number of rotatable bonds is 0. The topological polar surface area (TPSA) is 0 Å². The summed E-state index contributed by atoms with van der Waals surface area (Å²) in [5, 5.41) is 0. The summed E-state index contributed by atoms with van der Waals surface area (Å²) < 4.78 is -1.06. The molecule has 0 bridgehead atoms. The zero-order chi connectivity index (χ0) is 10.1. The summed E-state index contributed by atoms with van der Waals surface area (Å²) in [6, 6.07) is 0. The minimum absolute atomic E-state index is 0.353. The van der Waals surface area contributed by atoms with E-state index in [1.165, 1.54) is 12.8 Å². The molecule has 80 valence electrons. The maximum Gasteiger partial charge on any atom is 0.125 e. The molecule has 0 amide bonds. The second-order valence-electron chi connectivity index (χ2n) is 4.90. The van der Waals surface area contributed by atoms with Crippen LogP contribution >= 0.6 is 46.4 Å². The largest absolute Gasteiger partial charge is 0.125 e. The first-order chi connectivity index (χ1) is 6.47. The molecule has 0 nitrogen and oxygen atoms in total. The van der Waals surface area contributed by atoms with Gasteiger partial charge >= 0.3 is 0 Å². The zero-order valence-corrected chi connectivity index (χ0v) is 10.7. The predicted octanol–water partition coefficient (Wildman–Crippen LogP) is 4.40. The molecule has 4 atom stereocenters. The van der Waals surface area contributed by atoms with Crippen molar-refractivity contribution in [2.45, 2.75) is 34.3 Å². The second-order valence-corrected chi connectivity index (χ2v) is 7.79. The first-order valence-corrected chi connectivity index (χ1v) is 6.74. The molecule has 0 aromatic carbocycles. The van der Waals surface area contributed by atoms with E-state index in [0.29, 0.717) is 23.7 Å². The highest BCUT2D eigenvalue weighted by Crippen LogP contribution is 2.77. The molecule has 3 saturated carbocycles. The van der Waals surface area contributed by atoms with Crippen molar-refractivity contribution in [3.63, 3.8) is 0 Å². The van der Waals surface area contributed by atoms with E-state index in [1.807, 2.05) is 0 Å². The van der Waals surface area contributed by atoms with Gasteiger partial charge in [-0.2, -0.15) is 0 Å². The van der Waals surface area contributed by atoms with Gasteiger partial charge in [0.2, 0.25) is 0 Å². The fourth-order valence-electron chi connectivity index (χ4n) is 3.28. The molecule has 0 heterocycles. The highest BCUT2D eigenvalue weighted by Gasteiger charge is 2.78. The lowest BCUT2D eigenvalue weighted by Crippen LogP contribution is -1.98. The van der Waals surface area contributed by atoms with Gasteiger partial charge in [0, 0.05) is 11.8 Å². The Morgan fingerprint density at radius 3 is 1.43 bits per heavy atom. The Kier molecular flexibility index (Phi) is 2.13. The molecule has 3 rings (SSSR count). The molecule has 14 heavy (non-hydrogen) atoms. The lowest BCUT2D eigenvalue weighted by molar-refractivity contribution is 0.467. The average molecular weight is 274 g/mol. The Bertz CT molecular complexity index is 245. The van der Waals surface area contributed by atoms with Crippen LogP contribution in [0.1, 0.15) is 25.7 Å². The van der Waals surface area contributed by atoms with Crippen LogP contribution in [0, 0.1) is 23.7 Å². The third kappa shape index (κ3) is 1.21. The molecule has 0 N–H and O–H groups in total. The van der Waals surface area contributed by atoms with Gasteiger partial charge in [0.05, 0.1) is 0 Å².